The number of aliphatic hydroxyl groups excluding tert-OH is 1. The lowest BCUT2D eigenvalue weighted by atomic mass is 9.92. The quantitative estimate of drug-likeness (QED) is 0.305. The first kappa shape index (κ1) is 27.3. The molecule has 3 atom stereocenters. The van der Waals surface area contributed by atoms with Crippen LogP contribution in [-0.2, 0) is 4.79 Å². The van der Waals surface area contributed by atoms with Gasteiger partial charge < -0.3 is 15.0 Å². The molecule has 41 heavy (non-hydrogen) atoms. The molecule has 5 heterocycles. The van der Waals surface area contributed by atoms with E-state index in [1.54, 1.807) is 11.0 Å². The summed E-state index contributed by atoms with van der Waals surface area (Å²) in [5, 5.41) is 20.5. The van der Waals surface area contributed by atoms with E-state index in [2.05, 4.69) is 30.5 Å². The standard InChI is InChI=1S/C25H18Cl2F4N8O2/c26-14-2-4-16(38-10-33-36-37-38)19(20(14)28)12-7-13-1-3-17(39(13)18(40)9-12)24-34-21(23(27)35-24)11-5-6-32-15(8-11)22(41)25(29,30)31/h2,4-6,8-10,13,17,22,41H,1,3,7H2,(H,34,35)/t13-,17-,22-/m0/s1. The number of amides is 1. The molecule has 1 saturated heterocycles. The zero-order valence-corrected chi connectivity index (χ0v) is 22.2. The second-order valence-corrected chi connectivity index (χ2v) is 10.3. The molecular formula is C25H18Cl2F4N8O2. The molecule has 0 aliphatic carbocycles. The lowest BCUT2D eigenvalue weighted by Gasteiger charge is -2.33. The van der Waals surface area contributed by atoms with E-state index >= 15 is 4.39 Å². The Labute approximate surface area is 238 Å². The second-order valence-electron chi connectivity index (χ2n) is 9.58. The van der Waals surface area contributed by atoms with Crippen LogP contribution in [0.1, 0.15) is 48.5 Å². The van der Waals surface area contributed by atoms with Gasteiger partial charge in [-0.15, -0.1) is 5.10 Å². The number of nitrogens with zero attached hydrogens (tertiary/aromatic N) is 7. The van der Waals surface area contributed by atoms with Crippen molar-refractivity contribution >= 4 is 34.7 Å². The molecule has 16 heteroatoms. The first-order valence-electron chi connectivity index (χ1n) is 12.2. The van der Waals surface area contributed by atoms with Crippen molar-refractivity contribution in [2.24, 2.45) is 0 Å². The van der Waals surface area contributed by atoms with Gasteiger partial charge in [0.25, 0.3) is 0 Å². The molecule has 6 rings (SSSR count). The Hall–Kier alpha value is -3.88. The number of aromatic nitrogens is 7. The van der Waals surface area contributed by atoms with Crippen LogP contribution < -0.4 is 0 Å². The van der Waals surface area contributed by atoms with E-state index in [1.807, 2.05) is 0 Å². The molecule has 2 aliphatic heterocycles. The molecule has 0 unspecified atom stereocenters. The average Bonchev–Trinajstić information content (AvgIpc) is 3.69. The van der Waals surface area contributed by atoms with Crippen LogP contribution in [-0.4, -0.2) is 63.3 Å². The Morgan fingerprint density at radius 1 is 1.17 bits per heavy atom. The van der Waals surface area contributed by atoms with Crippen molar-refractivity contribution in [1.82, 2.24) is 40.1 Å². The Kier molecular flexibility index (Phi) is 6.78. The number of pyridine rings is 1. The predicted octanol–water partition coefficient (Wildman–Crippen LogP) is 5.01. The van der Waals surface area contributed by atoms with Crippen LogP contribution in [0, 0.1) is 5.82 Å². The molecule has 0 bridgehead atoms. The third kappa shape index (κ3) is 4.85. The zero-order chi connectivity index (χ0) is 29.1. The molecule has 212 valence electrons. The summed E-state index contributed by atoms with van der Waals surface area (Å²) in [5.41, 5.74) is 0.744. The number of tetrazole rings is 1. The molecule has 0 saturated carbocycles. The maximum absolute atomic E-state index is 15.3. The number of H-pyrrole nitrogens is 1. The number of carbonyl (C=O) groups is 1. The molecule has 1 aromatic carbocycles. The number of hydrogen-bond acceptors (Lipinski definition) is 7. The number of halogens is 6. The van der Waals surface area contributed by atoms with Crippen LogP contribution in [0.5, 0.6) is 0 Å². The van der Waals surface area contributed by atoms with Crippen LogP contribution in [0.25, 0.3) is 22.5 Å². The Balaban J connectivity index is 1.31. The van der Waals surface area contributed by atoms with Crippen molar-refractivity contribution in [2.45, 2.75) is 43.6 Å². The lowest BCUT2D eigenvalue weighted by Crippen LogP contribution is -2.39. The number of imidazole rings is 1. The summed E-state index contributed by atoms with van der Waals surface area (Å²) < 4.78 is 55.6. The normalized spacial score (nSPS) is 19.8. The maximum atomic E-state index is 15.3. The number of nitrogens with one attached hydrogen (secondary N) is 1. The Bertz CT molecular complexity index is 1670. The molecule has 0 radical (unpaired) electrons. The van der Waals surface area contributed by atoms with Crippen molar-refractivity contribution in [3.05, 3.63) is 75.9 Å². The van der Waals surface area contributed by atoms with Crippen molar-refractivity contribution in [1.29, 1.82) is 0 Å². The van der Waals surface area contributed by atoms with Gasteiger partial charge in [-0.3, -0.25) is 9.78 Å². The number of carbonyl (C=O) groups excluding carboxylic acids is 1. The van der Waals surface area contributed by atoms with Gasteiger partial charge >= 0.3 is 6.18 Å². The number of hydrogen-bond donors (Lipinski definition) is 2. The molecule has 2 aliphatic rings. The minimum Gasteiger partial charge on any atom is -0.378 e. The van der Waals surface area contributed by atoms with Crippen LogP contribution >= 0.6 is 23.2 Å². The first-order chi connectivity index (χ1) is 19.5. The van der Waals surface area contributed by atoms with Crippen LogP contribution in [0.2, 0.25) is 10.2 Å². The fourth-order valence-electron chi connectivity index (χ4n) is 5.34. The van der Waals surface area contributed by atoms with Gasteiger partial charge in [0, 0.05) is 29.4 Å². The molecule has 4 aromatic rings. The zero-order valence-electron chi connectivity index (χ0n) is 20.6. The van der Waals surface area contributed by atoms with Crippen LogP contribution in [0.15, 0.2) is 42.9 Å². The van der Waals surface area contributed by atoms with Gasteiger partial charge in [-0.25, -0.2) is 9.37 Å². The molecule has 1 amide bonds. The minimum absolute atomic E-state index is 0.0186. The lowest BCUT2D eigenvalue weighted by molar-refractivity contribution is -0.207. The van der Waals surface area contributed by atoms with E-state index in [4.69, 9.17) is 23.2 Å². The molecule has 0 spiro atoms. The fourth-order valence-corrected chi connectivity index (χ4v) is 5.75. The monoisotopic (exact) mass is 608 g/mol. The summed E-state index contributed by atoms with van der Waals surface area (Å²) in [6, 6.07) is 4.64. The summed E-state index contributed by atoms with van der Waals surface area (Å²) in [5.74, 6) is -0.735. The van der Waals surface area contributed by atoms with Crippen molar-refractivity contribution in [3.8, 4) is 16.9 Å². The molecule has 3 aromatic heterocycles. The summed E-state index contributed by atoms with van der Waals surface area (Å²) >= 11 is 12.4. The number of aliphatic hydroxyl groups is 1. The van der Waals surface area contributed by atoms with E-state index in [-0.39, 0.29) is 38.9 Å². The predicted molar refractivity (Wildman–Crippen MR) is 137 cm³/mol. The smallest absolute Gasteiger partial charge is 0.378 e. The topological polar surface area (TPSA) is 126 Å². The number of aromatic amines is 1. The fraction of sp³-hybridized carbons (Fsp3) is 0.280. The van der Waals surface area contributed by atoms with E-state index in [1.165, 1.54) is 29.2 Å². The number of alkyl halides is 3. The third-order valence-corrected chi connectivity index (χ3v) is 7.72. The summed E-state index contributed by atoms with van der Waals surface area (Å²) in [6.45, 7) is 0. The van der Waals surface area contributed by atoms with Gasteiger partial charge in [0.15, 0.2) is 17.1 Å². The Morgan fingerprint density at radius 3 is 2.71 bits per heavy atom. The summed E-state index contributed by atoms with van der Waals surface area (Å²) in [6.07, 6.45) is -2.49. The highest BCUT2D eigenvalue weighted by Gasteiger charge is 2.43. The van der Waals surface area contributed by atoms with E-state index < -0.39 is 29.8 Å². The third-order valence-electron chi connectivity index (χ3n) is 7.15. The molecule has 2 N–H and O–H groups in total. The van der Waals surface area contributed by atoms with Gasteiger partial charge in [-0.2, -0.15) is 17.9 Å². The molecule has 1 fully saturated rings. The van der Waals surface area contributed by atoms with Gasteiger partial charge in [-0.05, 0) is 59.5 Å². The van der Waals surface area contributed by atoms with Crippen LogP contribution in [0.3, 0.4) is 0 Å². The number of benzene rings is 1. The minimum atomic E-state index is -4.89. The largest absolute Gasteiger partial charge is 0.420 e. The van der Waals surface area contributed by atoms with Crippen molar-refractivity contribution in [2.75, 3.05) is 0 Å². The van der Waals surface area contributed by atoms with Crippen molar-refractivity contribution in [3.63, 3.8) is 0 Å². The van der Waals surface area contributed by atoms with E-state index in [9.17, 15) is 23.1 Å². The maximum Gasteiger partial charge on any atom is 0.420 e. The second kappa shape index (κ2) is 10.2. The van der Waals surface area contributed by atoms with E-state index in [0.717, 1.165) is 12.3 Å². The number of fused-ring (bicyclic) bond motifs is 1. The summed E-state index contributed by atoms with van der Waals surface area (Å²) in [4.78, 5) is 26.1. The molecular weight excluding hydrogens is 591 g/mol. The first-order valence-corrected chi connectivity index (χ1v) is 13.0. The van der Waals surface area contributed by atoms with Gasteiger partial charge in [0.2, 0.25) is 5.91 Å². The molecule has 10 nitrogen and oxygen atoms in total. The van der Waals surface area contributed by atoms with Gasteiger partial charge in [0.1, 0.15) is 12.2 Å². The van der Waals surface area contributed by atoms with Crippen LogP contribution in [0.4, 0.5) is 17.6 Å². The number of rotatable bonds is 5. The SMILES string of the molecule is O=C1C=C(c2c(-n3cnnn3)ccc(Cl)c2F)C[C@@H]2CC[C@@H](c3nc(Cl)c(-c4ccnc([C@H](O)C(F)(F)F)c4)[nH]3)N12. The summed E-state index contributed by atoms with van der Waals surface area (Å²) in [7, 11) is 0. The van der Waals surface area contributed by atoms with Gasteiger partial charge in [-0.1, -0.05) is 23.2 Å². The van der Waals surface area contributed by atoms with Gasteiger partial charge in [0.05, 0.1) is 28.1 Å². The van der Waals surface area contributed by atoms with Crippen molar-refractivity contribution < 1.29 is 27.5 Å². The van der Waals surface area contributed by atoms with E-state index in [0.29, 0.717) is 36.3 Å². The highest BCUT2D eigenvalue weighted by Crippen LogP contribution is 2.45. The highest BCUT2D eigenvalue weighted by molar-refractivity contribution is 6.32. The highest BCUT2D eigenvalue weighted by atomic mass is 35.5. The average molecular weight is 609 g/mol. The Morgan fingerprint density at radius 2 is 1.98 bits per heavy atom.